The molecule has 3 rings (SSSR count). The molecule has 0 bridgehead atoms. The van der Waals surface area contributed by atoms with Crippen molar-refractivity contribution in [2.24, 2.45) is 5.41 Å². The van der Waals surface area contributed by atoms with E-state index in [0.717, 1.165) is 40.9 Å². The van der Waals surface area contributed by atoms with Gasteiger partial charge < -0.3 is 0 Å². The van der Waals surface area contributed by atoms with Crippen LogP contribution in [-0.2, 0) is 15.4 Å². The zero-order valence-corrected chi connectivity index (χ0v) is 18.3. The quantitative estimate of drug-likeness (QED) is 0.720. The topological polar surface area (TPSA) is 50.3 Å². The number of hydrogen-bond donors (Lipinski definition) is 0. The fourth-order valence-corrected chi connectivity index (χ4v) is 6.08. The molecule has 1 aromatic heterocycles. The Labute approximate surface area is 161 Å². The largest absolute Gasteiger partial charge is 0.243 e. The van der Waals surface area contributed by atoms with Crippen molar-refractivity contribution in [1.82, 2.24) is 9.29 Å². The van der Waals surface area contributed by atoms with Crippen molar-refractivity contribution >= 4 is 31.6 Å². The summed E-state index contributed by atoms with van der Waals surface area (Å²) in [4.78, 5) is 5.04. The van der Waals surface area contributed by atoms with Crippen LogP contribution < -0.4 is 0 Å². The Kier molecular flexibility index (Phi) is 5.00. The van der Waals surface area contributed by atoms with Crippen LogP contribution in [0.2, 0.25) is 0 Å². The van der Waals surface area contributed by atoms with E-state index in [0.29, 0.717) is 10.3 Å². The van der Waals surface area contributed by atoms with Crippen molar-refractivity contribution in [2.45, 2.75) is 76.7 Å². The molecule has 1 fully saturated rings. The van der Waals surface area contributed by atoms with E-state index >= 15 is 0 Å². The van der Waals surface area contributed by atoms with Gasteiger partial charge in [-0.1, -0.05) is 34.6 Å². The average Bonchev–Trinajstić information content (AvgIpc) is 2.97. The smallest absolute Gasteiger partial charge is 0.241 e. The van der Waals surface area contributed by atoms with Crippen molar-refractivity contribution in [2.75, 3.05) is 7.05 Å². The number of hydrogen-bond acceptors (Lipinski definition) is 4. The number of thiazole rings is 1. The van der Waals surface area contributed by atoms with E-state index in [9.17, 15) is 8.42 Å². The number of fused-ring (bicyclic) bond motifs is 1. The minimum Gasteiger partial charge on any atom is -0.241 e. The summed E-state index contributed by atoms with van der Waals surface area (Å²) in [6.07, 6.45) is 4.00. The van der Waals surface area contributed by atoms with E-state index < -0.39 is 10.0 Å². The van der Waals surface area contributed by atoms with Crippen LogP contribution in [0.15, 0.2) is 23.1 Å². The summed E-state index contributed by atoms with van der Waals surface area (Å²) in [5, 5.41) is 1.03. The Morgan fingerprint density at radius 2 is 1.81 bits per heavy atom. The molecule has 144 valence electrons. The molecule has 0 amide bonds. The van der Waals surface area contributed by atoms with Gasteiger partial charge in [0.25, 0.3) is 0 Å². The summed E-state index contributed by atoms with van der Waals surface area (Å²) in [6, 6.07) is 5.43. The maximum Gasteiger partial charge on any atom is 0.243 e. The van der Waals surface area contributed by atoms with E-state index in [1.165, 1.54) is 0 Å². The molecule has 1 aliphatic carbocycles. The normalized spacial score (nSPS) is 19.3. The Morgan fingerprint density at radius 1 is 1.19 bits per heavy atom. The van der Waals surface area contributed by atoms with Gasteiger partial charge >= 0.3 is 0 Å². The van der Waals surface area contributed by atoms with Gasteiger partial charge in [-0.15, -0.1) is 11.3 Å². The first-order valence-corrected chi connectivity index (χ1v) is 11.5. The van der Waals surface area contributed by atoms with Crippen LogP contribution in [0.25, 0.3) is 10.2 Å². The predicted octanol–water partition coefficient (Wildman–Crippen LogP) is 5.18. The molecule has 0 radical (unpaired) electrons. The van der Waals surface area contributed by atoms with Crippen molar-refractivity contribution < 1.29 is 8.42 Å². The summed E-state index contributed by atoms with van der Waals surface area (Å²) in [6.45, 7) is 10.9. The second kappa shape index (κ2) is 6.57. The van der Waals surface area contributed by atoms with Crippen LogP contribution in [0.5, 0.6) is 0 Å². The number of benzene rings is 1. The monoisotopic (exact) mass is 394 g/mol. The summed E-state index contributed by atoms with van der Waals surface area (Å²) < 4.78 is 28.8. The van der Waals surface area contributed by atoms with Gasteiger partial charge in [-0.2, -0.15) is 4.31 Å². The SMILES string of the molecule is CN(C1CCC(C)(C)CC1)S(=O)(=O)c1ccc2nc(C(C)(C)C)sc2c1. The fourth-order valence-electron chi connectivity index (χ4n) is 3.50. The highest BCUT2D eigenvalue weighted by molar-refractivity contribution is 7.89. The maximum absolute atomic E-state index is 13.2. The molecule has 1 aromatic carbocycles. The molecule has 26 heavy (non-hydrogen) atoms. The van der Waals surface area contributed by atoms with E-state index in [4.69, 9.17) is 0 Å². The summed E-state index contributed by atoms with van der Waals surface area (Å²) in [5.41, 5.74) is 1.17. The lowest BCUT2D eigenvalue weighted by atomic mass is 9.76. The zero-order valence-electron chi connectivity index (χ0n) is 16.7. The minimum absolute atomic E-state index is 0.0333. The lowest BCUT2D eigenvalue weighted by Gasteiger charge is -2.38. The lowest BCUT2D eigenvalue weighted by Crippen LogP contribution is -2.40. The van der Waals surface area contributed by atoms with E-state index in [-0.39, 0.29) is 11.5 Å². The summed E-state index contributed by atoms with van der Waals surface area (Å²) in [5.74, 6) is 0. The van der Waals surface area contributed by atoms with Crippen LogP contribution in [0.3, 0.4) is 0 Å². The van der Waals surface area contributed by atoms with Gasteiger partial charge in [0.05, 0.1) is 20.1 Å². The van der Waals surface area contributed by atoms with Gasteiger partial charge in [0.2, 0.25) is 10.0 Å². The van der Waals surface area contributed by atoms with Crippen molar-refractivity contribution in [1.29, 1.82) is 0 Å². The van der Waals surface area contributed by atoms with Gasteiger partial charge in [-0.25, -0.2) is 13.4 Å². The molecular formula is C20H30N2O2S2. The highest BCUT2D eigenvalue weighted by atomic mass is 32.2. The molecule has 1 saturated carbocycles. The standard InChI is InChI=1S/C20H30N2O2S2/c1-19(2,3)18-21-16-8-7-15(13-17(16)25-18)26(23,24)22(6)14-9-11-20(4,5)12-10-14/h7-8,13-14H,9-12H2,1-6H3. The van der Waals surface area contributed by atoms with Crippen molar-refractivity contribution in [3.63, 3.8) is 0 Å². The molecule has 0 saturated heterocycles. The third-order valence-corrected chi connectivity index (χ3v) is 8.85. The summed E-state index contributed by atoms with van der Waals surface area (Å²) >= 11 is 1.59. The first-order chi connectivity index (χ1) is 11.9. The molecule has 1 heterocycles. The Balaban J connectivity index is 1.89. The summed E-state index contributed by atoms with van der Waals surface area (Å²) in [7, 11) is -1.75. The first kappa shape index (κ1) is 19.8. The maximum atomic E-state index is 13.2. The van der Waals surface area contributed by atoms with Gasteiger partial charge in [0.1, 0.15) is 0 Å². The predicted molar refractivity (Wildman–Crippen MR) is 109 cm³/mol. The lowest BCUT2D eigenvalue weighted by molar-refractivity contribution is 0.174. The van der Waals surface area contributed by atoms with Gasteiger partial charge in [-0.05, 0) is 49.3 Å². The Morgan fingerprint density at radius 3 is 2.38 bits per heavy atom. The minimum atomic E-state index is -3.48. The number of aromatic nitrogens is 1. The highest BCUT2D eigenvalue weighted by Gasteiger charge is 2.34. The second-order valence-electron chi connectivity index (χ2n) is 9.32. The van der Waals surface area contributed by atoms with E-state index in [1.54, 1.807) is 34.8 Å². The van der Waals surface area contributed by atoms with Crippen LogP contribution in [-0.4, -0.2) is 30.8 Å². The molecule has 4 nitrogen and oxygen atoms in total. The third kappa shape index (κ3) is 3.82. The van der Waals surface area contributed by atoms with Crippen LogP contribution >= 0.6 is 11.3 Å². The van der Waals surface area contributed by atoms with Crippen LogP contribution in [0.1, 0.15) is 65.3 Å². The average molecular weight is 395 g/mol. The van der Waals surface area contributed by atoms with Crippen molar-refractivity contribution in [3.8, 4) is 0 Å². The van der Waals surface area contributed by atoms with Crippen molar-refractivity contribution in [3.05, 3.63) is 23.2 Å². The molecule has 0 unspecified atom stereocenters. The zero-order chi connectivity index (χ0) is 19.3. The van der Waals surface area contributed by atoms with E-state index in [1.807, 2.05) is 6.07 Å². The number of sulfonamides is 1. The van der Waals surface area contributed by atoms with E-state index in [2.05, 4.69) is 39.6 Å². The van der Waals surface area contributed by atoms with Crippen LogP contribution in [0, 0.1) is 5.41 Å². The molecular weight excluding hydrogens is 364 g/mol. The molecule has 1 aliphatic rings. The molecule has 2 aromatic rings. The van der Waals surface area contributed by atoms with Gasteiger partial charge in [0, 0.05) is 18.5 Å². The van der Waals surface area contributed by atoms with Crippen LogP contribution in [0.4, 0.5) is 0 Å². The molecule has 0 atom stereocenters. The van der Waals surface area contributed by atoms with Gasteiger partial charge in [-0.3, -0.25) is 0 Å². The first-order valence-electron chi connectivity index (χ1n) is 9.29. The number of nitrogens with zero attached hydrogens (tertiary/aromatic N) is 2. The van der Waals surface area contributed by atoms with Gasteiger partial charge in [0.15, 0.2) is 0 Å². The molecule has 0 N–H and O–H groups in total. The number of rotatable bonds is 3. The fraction of sp³-hybridized carbons (Fsp3) is 0.650. The Hall–Kier alpha value is -0.980. The molecule has 6 heteroatoms. The molecule has 0 aliphatic heterocycles. The second-order valence-corrected chi connectivity index (χ2v) is 12.3. The molecule has 0 spiro atoms. The highest BCUT2D eigenvalue weighted by Crippen LogP contribution is 2.38. The third-order valence-electron chi connectivity index (χ3n) is 5.50. The Bertz CT molecular complexity index is 898.